The zero-order chi connectivity index (χ0) is 7.82. The van der Waals surface area contributed by atoms with Crippen molar-refractivity contribution in [2.24, 2.45) is 0 Å². The Hall–Kier alpha value is 0.795. The van der Waals surface area contributed by atoms with Gasteiger partial charge in [-0.25, -0.2) is 0 Å². The summed E-state index contributed by atoms with van der Waals surface area (Å²) >= 11 is 0. The summed E-state index contributed by atoms with van der Waals surface area (Å²) in [7, 11) is 0. The predicted octanol–water partition coefficient (Wildman–Crippen LogP) is 2.43. The minimum Gasteiger partial charge on any atom is -0.481 e. The number of rotatable bonds is 6. The van der Waals surface area contributed by atoms with Gasteiger partial charge >= 0.3 is 5.97 Å². The Balaban J connectivity index is 0. The first-order chi connectivity index (χ1) is 4.77. The van der Waals surface area contributed by atoms with Gasteiger partial charge < -0.3 is 5.11 Å². The smallest absolute Gasteiger partial charge is 0.303 e. The summed E-state index contributed by atoms with van der Waals surface area (Å²) in [6.07, 6.45) is 5.88. The maximum Gasteiger partial charge on any atom is 0.303 e. The molecular formula is C8H16GdO2. The molecule has 0 aliphatic heterocycles. The Morgan fingerprint density at radius 2 is 1.73 bits per heavy atom. The first kappa shape index (κ1) is 14.3. The topological polar surface area (TPSA) is 37.3 Å². The SMILES string of the molecule is CCCCCCCC(=O)O.[Gd]. The van der Waals surface area contributed by atoms with Gasteiger partial charge in [-0.2, -0.15) is 0 Å². The normalized spacial score (nSPS) is 8.82. The van der Waals surface area contributed by atoms with Crippen LogP contribution in [0.1, 0.15) is 45.4 Å². The molecule has 0 atom stereocenters. The largest absolute Gasteiger partial charge is 0.481 e. The van der Waals surface area contributed by atoms with E-state index >= 15 is 0 Å². The Kier molecular flexibility index (Phi) is 14.1. The average Bonchev–Trinajstić information content (AvgIpc) is 1.87. The molecule has 0 aliphatic rings. The van der Waals surface area contributed by atoms with Gasteiger partial charge in [-0.15, -0.1) is 0 Å². The first-order valence-electron chi connectivity index (χ1n) is 3.99. The Labute approximate surface area is 100 Å². The van der Waals surface area contributed by atoms with Crippen molar-refractivity contribution in [1.29, 1.82) is 0 Å². The average molecular weight is 301 g/mol. The molecule has 0 spiro atoms. The summed E-state index contributed by atoms with van der Waals surface area (Å²) in [4.78, 5) is 10.0. The maximum atomic E-state index is 10.0. The van der Waals surface area contributed by atoms with Crippen molar-refractivity contribution >= 4 is 5.97 Å². The molecule has 0 unspecified atom stereocenters. The number of carboxylic acids is 1. The van der Waals surface area contributed by atoms with E-state index in [2.05, 4.69) is 6.92 Å². The fourth-order valence-electron chi connectivity index (χ4n) is 0.880. The molecule has 11 heavy (non-hydrogen) atoms. The molecule has 0 radical (unpaired) electrons. The molecule has 0 aromatic heterocycles. The van der Waals surface area contributed by atoms with E-state index < -0.39 is 5.97 Å². The third-order valence-electron chi connectivity index (χ3n) is 1.49. The quantitative estimate of drug-likeness (QED) is 0.765. The zero-order valence-corrected chi connectivity index (χ0v) is 9.22. The standard InChI is InChI=1S/C8H16O2.Gd/c1-2-3-4-5-6-7-8(9)10;/h2-7H2,1H3,(H,9,10);. The zero-order valence-electron chi connectivity index (χ0n) is 6.95. The van der Waals surface area contributed by atoms with Gasteiger partial charge in [0.05, 0.1) is 0 Å². The van der Waals surface area contributed by atoms with E-state index in [1.807, 2.05) is 0 Å². The summed E-state index contributed by atoms with van der Waals surface area (Å²) in [5.74, 6) is -0.670. The van der Waals surface area contributed by atoms with Crippen molar-refractivity contribution in [3.8, 4) is 0 Å². The number of carbonyl (C=O) groups is 1. The van der Waals surface area contributed by atoms with Gasteiger partial charge in [0, 0.05) is 46.4 Å². The van der Waals surface area contributed by atoms with Gasteiger partial charge in [0.1, 0.15) is 0 Å². The van der Waals surface area contributed by atoms with Crippen molar-refractivity contribution in [3.63, 3.8) is 0 Å². The maximum absolute atomic E-state index is 10.0. The van der Waals surface area contributed by atoms with E-state index in [-0.39, 0.29) is 39.9 Å². The van der Waals surface area contributed by atoms with Crippen molar-refractivity contribution < 1.29 is 49.8 Å². The molecular weight excluding hydrogens is 285 g/mol. The molecule has 0 bridgehead atoms. The first-order valence-corrected chi connectivity index (χ1v) is 3.99. The molecule has 68 valence electrons. The fraction of sp³-hybridized carbons (Fsp3) is 0.875. The summed E-state index contributed by atoms with van der Waals surface area (Å²) in [6, 6.07) is 0. The molecule has 0 fully saturated rings. The van der Waals surface area contributed by atoms with Gasteiger partial charge in [0.2, 0.25) is 0 Å². The predicted molar refractivity (Wildman–Crippen MR) is 41.0 cm³/mol. The molecule has 3 heteroatoms. The Morgan fingerprint density at radius 1 is 1.18 bits per heavy atom. The number of hydrogen-bond acceptors (Lipinski definition) is 1. The van der Waals surface area contributed by atoms with Gasteiger partial charge in [0.25, 0.3) is 0 Å². The van der Waals surface area contributed by atoms with E-state index in [0.29, 0.717) is 6.42 Å². The second-order valence-electron chi connectivity index (χ2n) is 2.56. The second-order valence-corrected chi connectivity index (χ2v) is 2.56. The van der Waals surface area contributed by atoms with Crippen LogP contribution in [0.5, 0.6) is 0 Å². The van der Waals surface area contributed by atoms with E-state index in [4.69, 9.17) is 5.11 Å². The number of aliphatic carboxylic acids is 1. The third-order valence-corrected chi connectivity index (χ3v) is 1.49. The van der Waals surface area contributed by atoms with Crippen LogP contribution in [0, 0.1) is 39.9 Å². The molecule has 0 amide bonds. The van der Waals surface area contributed by atoms with Crippen molar-refractivity contribution in [2.75, 3.05) is 0 Å². The van der Waals surface area contributed by atoms with Crippen LogP contribution in [-0.2, 0) is 4.79 Å². The van der Waals surface area contributed by atoms with E-state index in [1.54, 1.807) is 0 Å². The van der Waals surface area contributed by atoms with E-state index in [9.17, 15) is 4.79 Å². The summed E-state index contributed by atoms with van der Waals surface area (Å²) in [5, 5.41) is 8.27. The van der Waals surface area contributed by atoms with Crippen LogP contribution >= 0.6 is 0 Å². The molecule has 0 aliphatic carbocycles. The minimum absolute atomic E-state index is 0. The van der Waals surface area contributed by atoms with Crippen molar-refractivity contribution in [1.82, 2.24) is 0 Å². The molecule has 0 heterocycles. The number of hydrogen-bond donors (Lipinski definition) is 1. The van der Waals surface area contributed by atoms with Crippen molar-refractivity contribution in [3.05, 3.63) is 0 Å². The molecule has 0 rings (SSSR count). The summed E-state index contributed by atoms with van der Waals surface area (Å²) in [6.45, 7) is 2.15. The van der Waals surface area contributed by atoms with Crippen LogP contribution in [0.4, 0.5) is 0 Å². The van der Waals surface area contributed by atoms with E-state index in [1.165, 1.54) is 19.3 Å². The van der Waals surface area contributed by atoms with Crippen LogP contribution < -0.4 is 0 Å². The molecule has 1 N–H and O–H groups in total. The van der Waals surface area contributed by atoms with Gasteiger partial charge in [-0.1, -0.05) is 32.6 Å². The Bertz CT molecular complexity index is 94.1. The number of carboxylic acid groups (broad SMARTS) is 1. The molecule has 0 aromatic rings. The third kappa shape index (κ3) is 13.7. The molecule has 2 nitrogen and oxygen atoms in total. The van der Waals surface area contributed by atoms with Crippen LogP contribution in [0.25, 0.3) is 0 Å². The van der Waals surface area contributed by atoms with Crippen LogP contribution in [0.15, 0.2) is 0 Å². The number of unbranched alkanes of at least 4 members (excludes halogenated alkanes) is 4. The van der Waals surface area contributed by atoms with Gasteiger partial charge in [-0.3, -0.25) is 4.79 Å². The minimum atomic E-state index is -0.670. The van der Waals surface area contributed by atoms with E-state index in [0.717, 1.165) is 12.8 Å². The monoisotopic (exact) mass is 302 g/mol. The molecule has 0 saturated carbocycles. The molecule has 0 saturated heterocycles. The van der Waals surface area contributed by atoms with Gasteiger partial charge in [0.15, 0.2) is 0 Å². The fourth-order valence-corrected chi connectivity index (χ4v) is 0.880. The van der Waals surface area contributed by atoms with Crippen molar-refractivity contribution in [2.45, 2.75) is 45.4 Å². The summed E-state index contributed by atoms with van der Waals surface area (Å²) in [5.41, 5.74) is 0. The Morgan fingerprint density at radius 3 is 2.18 bits per heavy atom. The second kappa shape index (κ2) is 10.8. The van der Waals surface area contributed by atoms with Crippen LogP contribution in [0.2, 0.25) is 0 Å². The van der Waals surface area contributed by atoms with Gasteiger partial charge in [-0.05, 0) is 6.42 Å². The molecule has 0 aromatic carbocycles. The summed E-state index contributed by atoms with van der Waals surface area (Å²) < 4.78 is 0. The van der Waals surface area contributed by atoms with Crippen LogP contribution in [0.3, 0.4) is 0 Å². The van der Waals surface area contributed by atoms with Crippen LogP contribution in [-0.4, -0.2) is 11.1 Å².